The van der Waals surface area contributed by atoms with Crippen molar-refractivity contribution in [1.82, 2.24) is 0 Å². The first-order chi connectivity index (χ1) is 6.31. The third kappa shape index (κ3) is 5.28. The molecule has 0 aliphatic heterocycles. The number of halogens is 9. The molecule has 0 saturated carbocycles. The van der Waals surface area contributed by atoms with Crippen molar-refractivity contribution in [1.29, 1.82) is 0 Å². The van der Waals surface area contributed by atoms with Crippen molar-refractivity contribution in [2.24, 2.45) is 0 Å². The molecule has 0 aromatic heterocycles. The lowest BCUT2D eigenvalue weighted by molar-refractivity contribution is 0.292. The van der Waals surface area contributed by atoms with E-state index in [1.165, 1.54) is 0 Å². The maximum absolute atomic E-state index is 9.52. The molecule has 0 amide bonds. The van der Waals surface area contributed by atoms with Crippen LogP contribution in [-0.2, 0) is 0 Å². The van der Waals surface area contributed by atoms with Crippen molar-refractivity contribution >= 4 is 203 Å². The number of aliphatic hydroxyl groups excluding tert-OH is 1. The Morgan fingerprint density at radius 2 is 1.00 bits per heavy atom. The minimum absolute atomic E-state index is 0.0173. The molecule has 0 aliphatic rings. The van der Waals surface area contributed by atoms with Crippen LogP contribution in [-0.4, -0.2) is 15.4 Å². The van der Waals surface area contributed by atoms with Crippen molar-refractivity contribution < 1.29 is 5.11 Å². The Morgan fingerprint density at radius 1 is 0.667 bits per heavy atom. The molecule has 0 radical (unpaired) electrons. The number of alkyl halides is 9. The van der Waals surface area contributed by atoms with Gasteiger partial charge in [-0.2, -0.15) is 0 Å². The van der Waals surface area contributed by atoms with Gasteiger partial charge in [-0.1, -0.05) is 203 Å². The van der Waals surface area contributed by atoms with E-state index in [1.54, 1.807) is 0 Å². The van der Waals surface area contributed by atoms with Crippen molar-refractivity contribution in [3.05, 3.63) is 0 Å². The quantitative estimate of drug-likeness (QED) is 0.248. The molecule has 15 heavy (non-hydrogen) atoms. The Morgan fingerprint density at radius 3 is 1.20 bits per heavy atom. The first kappa shape index (κ1) is 21.5. The standard InChI is InChI=1S/C5H3I9O/c6-2(7,1-15)3(8,9)4(10,11)5(12,13)14/h15H,1H2. The summed E-state index contributed by atoms with van der Waals surface area (Å²) in [5.74, 6) is 0. The first-order valence-corrected chi connectivity index (χ1v) is 12.8. The summed E-state index contributed by atoms with van der Waals surface area (Å²) in [6, 6.07) is 0. The van der Waals surface area contributed by atoms with E-state index in [1.807, 2.05) is 0 Å². The van der Waals surface area contributed by atoms with Gasteiger partial charge in [0.25, 0.3) is 0 Å². The predicted octanol–water partition coefficient (Wildman–Crippen LogP) is 6.64. The van der Waals surface area contributed by atoms with Crippen LogP contribution in [0.5, 0.6) is 0 Å². The molecule has 92 valence electrons. The molecule has 0 fully saturated rings. The highest BCUT2D eigenvalue weighted by Crippen LogP contribution is 2.69. The molecule has 0 bridgehead atoms. The summed E-state index contributed by atoms with van der Waals surface area (Å²) in [5, 5.41) is 9.52. The highest BCUT2D eigenvalue weighted by atomic mass is 127. The summed E-state index contributed by atoms with van der Waals surface area (Å²) in [6.45, 7) is 0.174. The van der Waals surface area contributed by atoms with E-state index in [2.05, 4.69) is 203 Å². The molecule has 0 unspecified atom stereocenters. The lowest BCUT2D eigenvalue weighted by Gasteiger charge is -2.46. The van der Waals surface area contributed by atoms with Crippen LogP contribution in [0, 0.1) is 0 Å². The predicted molar refractivity (Wildman–Crippen MR) is 144 cm³/mol. The minimum Gasteiger partial charge on any atom is -0.394 e. The third-order valence-electron chi connectivity index (χ3n) is 1.41. The van der Waals surface area contributed by atoms with Crippen LogP contribution >= 0.6 is 203 Å². The molecule has 0 heterocycles. The molecule has 1 nitrogen and oxygen atoms in total. The topological polar surface area (TPSA) is 20.2 Å². The van der Waals surface area contributed by atoms with E-state index in [4.69, 9.17) is 0 Å². The lowest BCUT2D eigenvalue weighted by atomic mass is 10.2. The number of hydrogen-bond acceptors (Lipinski definition) is 1. The lowest BCUT2D eigenvalue weighted by Crippen LogP contribution is -2.54. The van der Waals surface area contributed by atoms with Gasteiger partial charge in [0, 0.05) is 0 Å². The van der Waals surface area contributed by atoms with Gasteiger partial charge in [0.15, 0.2) is 0 Å². The highest BCUT2D eigenvalue weighted by molar-refractivity contribution is 14.3. The summed E-state index contributed by atoms with van der Waals surface area (Å²) < 4.78 is -0.140. The Kier molecular flexibility index (Phi) is 11.3. The largest absolute Gasteiger partial charge is 0.394 e. The van der Waals surface area contributed by atoms with Gasteiger partial charge >= 0.3 is 0 Å². The second-order valence-electron chi connectivity index (χ2n) is 2.51. The summed E-state index contributed by atoms with van der Waals surface area (Å²) in [7, 11) is 0. The monoisotopic (exact) mass is 1220 g/mol. The van der Waals surface area contributed by atoms with Crippen LogP contribution in [0.4, 0.5) is 0 Å². The summed E-state index contributed by atoms with van der Waals surface area (Å²) >= 11 is 22.0. The van der Waals surface area contributed by atoms with Crippen LogP contribution in [0.25, 0.3) is 0 Å². The fourth-order valence-electron chi connectivity index (χ4n) is 0.507. The zero-order valence-corrected chi connectivity index (χ0v) is 26.0. The van der Waals surface area contributed by atoms with Crippen LogP contribution in [0.1, 0.15) is 0 Å². The summed E-state index contributed by atoms with van der Waals surface area (Å²) in [6.07, 6.45) is 0. The fourth-order valence-corrected chi connectivity index (χ4v) is 9.76. The zero-order valence-electron chi connectivity index (χ0n) is 6.56. The van der Waals surface area contributed by atoms with Gasteiger partial charge in [-0.15, -0.1) is 0 Å². The SMILES string of the molecule is OCC(I)(I)C(I)(I)C(I)(I)C(I)(I)I. The van der Waals surface area contributed by atoms with E-state index in [0.717, 1.165) is 0 Å². The number of aliphatic hydroxyl groups is 1. The Labute approximate surface area is 212 Å². The number of hydrogen-bond donors (Lipinski definition) is 1. The Bertz CT molecular complexity index is 229. The van der Waals surface area contributed by atoms with E-state index in [9.17, 15) is 5.11 Å². The minimum atomic E-state index is -0.182. The van der Waals surface area contributed by atoms with Gasteiger partial charge in [-0.25, -0.2) is 0 Å². The molecule has 0 aliphatic carbocycles. The van der Waals surface area contributed by atoms with Gasteiger partial charge in [0.1, 0.15) is 3.72 Å². The molecule has 0 saturated heterocycles. The van der Waals surface area contributed by atoms with Crippen molar-refractivity contribution in [3.8, 4) is 0 Å². The molecular formula is C5H3I9O. The first-order valence-electron chi connectivity index (χ1n) is 3.12. The maximum Gasteiger partial charge on any atom is 0.149 e. The summed E-state index contributed by atoms with van der Waals surface area (Å²) in [5.41, 5.74) is 0. The zero-order chi connectivity index (χ0) is 12.7. The van der Waals surface area contributed by atoms with E-state index in [0.29, 0.717) is 0 Å². The maximum atomic E-state index is 9.52. The summed E-state index contributed by atoms with van der Waals surface area (Å²) in [4.78, 5) is 0. The second kappa shape index (κ2) is 7.88. The van der Waals surface area contributed by atoms with Crippen LogP contribution in [0.2, 0.25) is 0 Å². The smallest absolute Gasteiger partial charge is 0.149 e. The van der Waals surface area contributed by atoms with Crippen LogP contribution in [0.15, 0.2) is 0 Å². The molecule has 0 rings (SSSR count). The van der Waals surface area contributed by atoms with Gasteiger partial charge in [-0.3, -0.25) is 0 Å². The number of rotatable bonds is 4. The van der Waals surface area contributed by atoms with Crippen LogP contribution in [0.3, 0.4) is 0 Å². The molecule has 0 aromatic rings. The van der Waals surface area contributed by atoms with E-state index in [-0.39, 0.29) is 10.3 Å². The van der Waals surface area contributed by atoms with Crippen molar-refractivity contribution in [2.45, 2.75) is 3.72 Å². The van der Waals surface area contributed by atoms with E-state index >= 15 is 0 Å². The van der Waals surface area contributed by atoms with Gasteiger partial charge in [-0.05, 0) is 0 Å². The van der Waals surface area contributed by atoms with Crippen molar-refractivity contribution in [3.63, 3.8) is 0 Å². The normalized spacial score (nSPS) is 15.6. The van der Waals surface area contributed by atoms with Crippen LogP contribution < -0.4 is 0 Å². The third-order valence-corrected chi connectivity index (χ3v) is 27.3. The average Bonchev–Trinajstić information content (AvgIpc) is 2.01. The molecular weight excluding hydrogens is 1220 g/mol. The van der Waals surface area contributed by atoms with Gasteiger partial charge in [0.05, 0.1) is 6.61 Å². The molecule has 0 aromatic carbocycles. The molecule has 0 spiro atoms. The molecule has 10 heteroatoms. The van der Waals surface area contributed by atoms with Gasteiger partial charge < -0.3 is 5.11 Å². The van der Waals surface area contributed by atoms with E-state index < -0.39 is 0 Å². The van der Waals surface area contributed by atoms with Crippen molar-refractivity contribution in [2.75, 3.05) is 6.61 Å². The Hall–Kier alpha value is 6.53. The molecule has 0 atom stereocenters. The molecule has 1 N–H and O–H groups in total. The second-order valence-corrected chi connectivity index (χ2v) is 29.9. The Balaban J connectivity index is 5.38. The fraction of sp³-hybridized carbons (Fsp3) is 1.00. The highest BCUT2D eigenvalue weighted by Gasteiger charge is 2.63. The van der Waals surface area contributed by atoms with Gasteiger partial charge in [0.2, 0.25) is 0 Å². The average molecular weight is 1220 g/mol.